The van der Waals surface area contributed by atoms with Crippen molar-refractivity contribution in [1.82, 2.24) is 4.90 Å². The normalized spacial score (nSPS) is 28.4. The highest BCUT2D eigenvalue weighted by atomic mass is 16.2. The number of carbonyl (C=O) groups is 2. The number of benzene rings is 1. The monoisotopic (exact) mass is 244 g/mol. The maximum atomic E-state index is 12.1. The van der Waals surface area contributed by atoms with E-state index in [-0.39, 0.29) is 29.1 Å². The van der Waals surface area contributed by atoms with E-state index in [9.17, 15) is 9.59 Å². The number of rotatable bonds is 2. The Bertz CT molecular complexity index is 509. The predicted molar refractivity (Wildman–Crippen MR) is 67.2 cm³/mol. The van der Waals surface area contributed by atoms with Crippen molar-refractivity contribution in [2.24, 2.45) is 17.3 Å². The zero-order valence-electron chi connectivity index (χ0n) is 10.5. The van der Waals surface area contributed by atoms with E-state index < -0.39 is 0 Å². The van der Waals surface area contributed by atoms with Crippen LogP contribution in [0.1, 0.15) is 19.4 Å². The molecule has 2 unspecified atom stereocenters. The van der Waals surface area contributed by atoms with Crippen LogP contribution in [0.15, 0.2) is 24.3 Å². The third-order valence-electron chi connectivity index (χ3n) is 4.21. The van der Waals surface area contributed by atoms with Crippen LogP contribution in [0.2, 0.25) is 0 Å². The standard InChI is InChI=1S/C14H16N2O2/c1-14(2)10-11(14)13(18)16(12(10)17)7-8-3-5-9(15)6-4-8/h3-6,10-11H,7,15H2,1-2H3. The lowest BCUT2D eigenvalue weighted by Gasteiger charge is -2.20. The summed E-state index contributed by atoms with van der Waals surface area (Å²) in [5.74, 6) is -0.240. The van der Waals surface area contributed by atoms with Crippen molar-refractivity contribution in [2.75, 3.05) is 5.73 Å². The Balaban J connectivity index is 1.78. The zero-order valence-corrected chi connectivity index (χ0v) is 10.5. The van der Waals surface area contributed by atoms with Crippen LogP contribution in [0.5, 0.6) is 0 Å². The second-order valence-electron chi connectivity index (χ2n) is 5.78. The average molecular weight is 244 g/mol. The first-order chi connectivity index (χ1) is 8.43. The Morgan fingerprint density at radius 1 is 1.11 bits per heavy atom. The SMILES string of the molecule is CC1(C)C2C(=O)N(Cc3ccc(N)cc3)C(=O)C21. The lowest BCUT2D eigenvalue weighted by molar-refractivity contribution is -0.143. The fraction of sp³-hybridized carbons (Fsp3) is 0.429. The second kappa shape index (κ2) is 3.34. The molecule has 4 heteroatoms. The number of imide groups is 1. The van der Waals surface area contributed by atoms with Crippen molar-refractivity contribution < 1.29 is 9.59 Å². The van der Waals surface area contributed by atoms with Crippen LogP contribution in [0.25, 0.3) is 0 Å². The molecule has 1 saturated heterocycles. The molecule has 2 atom stereocenters. The second-order valence-corrected chi connectivity index (χ2v) is 5.78. The minimum Gasteiger partial charge on any atom is -0.399 e. The summed E-state index contributed by atoms with van der Waals surface area (Å²) in [7, 11) is 0. The van der Waals surface area contributed by atoms with Gasteiger partial charge < -0.3 is 5.73 Å². The molecule has 0 aromatic heterocycles. The van der Waals surface area contributed by atoms with Gasteiger partial charge in [-0.25, -0.2) is 0 Å². The lowest BCUT2D eigenvalue weighted by atomic mass is 10.1. The lowest BCUT2D eigenvalue weighted by Crippen LogP contribution is -2.35. The van der Waals surface area contributed by atoms with Crippen LogP contribution in [-0.4, -0.2) is 16.7 Å². The van der Waals surface area contributed by atoms with E-state index in [2.05, 4.69) is 0 Å². The molecule has 0 radical (unpaired) electrons. The summed E-state index contributed by atoms with van der Waals surface area (Å²) in [4.78, 5) is 25.6. The summed E-state index contributed by atoms with van der Waals surface area (Å²) >= 11 is 0. The van der Waals surface area contributed by atoms with E-state index in [0.717, 1.165) is 5.56 Å². The van der Waals surface area contributed by atoms with Crippen molar-refractivity contribution in [3.63, 3.8) is 0 Å². The number of hydrogen-bond acceptors (Lipinski definition) is 3. The van der Waals surface area contributed by atoms with Gasteiger partial charge in [0.15, 0.2) is 0 Å². The van der Waals surface area contributed by atoms with Crippen LogP contribution in [-0.2, 0) is 16.1 Å². The molecule has 2 amide bonds. The number of hydrogen-bond donors (Lipinski definition) is 1. The Hall–Kier alpha value is -1.84. The van der Waals surface area contributed by atoms with Gasteiger partial charge in [0.2, 0.25) is 11.8 Å². The van der Waals surface area contributed by atoms with Crippen molar-refractivity contribution in [1.29, 1.82) is 0 Å². The quantitative estimate of drug-likeness (QED) is 0.632. The van der Waals surface area contributed by atoms with Gasteiger partial charge in [-0.05, 0) is 23.1 Å². The van der Waals surface area contributed by atoms with Gasteiger partial charge >= 0.3 is 0 Å². The molecule has 4 nitrogen and oxygen atoms in total. The summed E-state index contributed by atoms with van der Waals surface area (Å²) in [6.07, 6.45) is 0. The summed E-state index contributed by atoms with van der Waals surface area (Å²) in [6.45, 7) is 4.33. The molecule has 1 heterocycles. The number of fused-ring (bicyclic) bond motifs is 1. The first kappa shape index (κ1) is 11.3. The average Bonchev–Trinajstić information content (AvgIpc) is 2.79. The van der Waals surface area contributed by atoms with Gasteiger partial charge in [-0.1, -0.05) is 26.0 Å². The van der Waals surface area contributed by atoms with Gasteiger partial charge in [0.25, 0.3) is 0 Å². The summed E-state index contributed by atoms with van der Waals surface area (Å²) < 4.78 is 0. The molecule has 2 aliphatic rings. The smallest absolute Gasteiger partial charge is 0.233 e. The van der Waals surface area contributed by atoms with Crippen molar-refractivity contribution >= 4 is 17.5 Å². The first-order valence-electron chi connectivity index (χ1n) is 6.12. The van der Waals surface area contributed by atoms with Gasteiger partial charge in [0.05, 0.1) is 18.4 Å². The van der Waals surface area contributed by atoms with Crippen molar-refractivity contribution in [2.45, 2.75) is 20.4 Å². The number of nitrogens with two attached hydrogens (primary N) is 1. The predicted octanol–water partition coefficient (Wildman–Crippen LogP) is 1.41. The molecule has 1 aromatic rings. The topological polar surface area (TPSA) is 63.4 Å². The summed E-state index contributed by atoms with van der Waals surface area (Å²) in [5.41, 5.74) is 7.09. The number of nitrogens with zero attached hydrogens (tertiary/aromatic N) is 1. The molecule has 0 bridgehead atoms. The first-order valence-corrected chi connectivity index (χ1v) is 6.12. The Labute approximate surface area is 106 Å². The molecule has 1 saturated carbocycles. The fourth-order valence-electron chi connectivity index (χ4n) is 2.97. The Kier molecular flexibility index (Phi) is 2.09. The third kappa shape index (κ3) is 1.38. The molecule has 2 fully saturated rings. The molecule has 0 spiro atoms. The number of carbonyl (C=O) groups excluding carboxylic acids is 2. The van der Waals surface area contributed by atoms with E-state index in [4.69, 9.17) is 5.73 Å². The highest BCUT2D eigenvalue weighted by Gasteiger charge is 2.72. The van der Waals surface area contributed by atoms with Crippen LogP contribution in [0.4, 0.5) is 5.69 Å². The number of anilines is 1. The number of piperidine rings is 1. The molecule has 2 N–H and O–H groups in total. The summed E-state index contributed by atoms with van der Waals surface area (Å²) in [5, 5.41) is 0. The van der Waals surface area contributed by atoms with Crippen molar-refractivity contribution in [3.05, 3.63) is 29.8 Å². The number of amides is 2. The van der Waals surface area contributed by atoms with Crippen LogP contribution in [0, 0.1) is 17.3 Å². The molecule has 1 aromatic carbocycles. The maximum Gasteiger partial charge on any atom is 0.233 e. The maximum absolute atomic E-state index is 12.1. The van der Waals surface area contributed by atoms with Gasteiger partial charge in [0, 0.05) is 5.69 Å². The van der Waals surface area contributed by atoms with Crippen LogP contribution >= 0.6 is 0 Å². The van der Waals surface area contributed by atoms with Gasteiger partial charge in [0.1, 0.15) is 0 Å². The molecule has 94 valence electrons. The minimum atomic E-state index is -0.133. The Morgan fingerprint density at radius 3 is 2.11 bits per heavy atom. The largest absolute Gasteiger partial charge is 0.399 e. The van der Waals surface area contributed by atoms with Crippen LogP contribution < -0.4 is 5.73 Å². The number of nitrogen functional groups attached to an aromatic ring is 1. The molecule has 1 aliphatic carbocycles. The van der Waals surface area contributed by atoms with Gasteiger partial charge in [-0.2, -0.15) is 0 Å². The highest BCUT2D eigenvalue weighted by Crippen LogP contribution is 2.63. The van der Waals surface area contributed by atoms with E-state index in [1.54, 1.807) is 12.1 Å². The Morgan fingerprint density at radius 2 is 1.61 bits per heavy atom. The number of likely N-dealkylation sites (tertiary alicyclic amines) is 1. The van der Waals surface area contributed by atoms with Crippen molar-refractivity contribution in [3.8, 4) is 0 Å². The van der Waals surface area contributed by atoms with E-state index >= 15 is 0 Å². The summed E-state index contributed by atoms with van der Waals surface area (Å²) in [6, 6.07) is 7.27. The minimum absolute atomic E-state index is 0.0215. The van der Waals surface area contributed by atoms with Gasteiger partial charge in [-0.3, -0.25) is 14.5 Å². The molecular weight excluding hydrogens is 228 g/mol. The molecule has 3 rings (SSSR count). The molecule has 1 aliphatic heterocycles. The fourth-order valence-corrected chi connectivity index (χ4v) is 2.97. The molecule has 18 heavy (non-hydrogen) atoms. The van der Waals surface area contributed by atoms with E-state index in [1.165, 1.54) is 4.90 Å². The van der Waals surface area contributed by atoms with E-state index in [1.807, 2.05) is 26.0 Å². The van der Waals surface area contributed by atoms with Gasteiger partial charge in [-0.15, -0.1) is 0 Å². The highest BCUT2D eigenvalue weighted by molar-refractivity contribution is 6.10. The van der Waals surface area contributed by atoms with Crippen LogP contribution in [0.3, 0.4) is 0 Å². The van der Waals surface area contributed by atoms with E-state index in [0.29, 0.717) is 12.2 Å². The molecular formula is C14H16N2O2. The zero-order chi connectivity index (χ0) is 13.1. The third-order valence-corrected chi connectivity index (χ3v) is 4.21.